The zero-order chi connectivity index (χ0) is 14.0. The van der Waals surface area contributed by atoms with Gasteiger partial charge < -0.3 is 15.8 Å². The highest BCUT2D eigenvalue weighted by molar-refractivity contribution is 5.73. The molecule has 0 radical (unpaired) electrons. The van der Waals surface area contributed by atoms with Gasteiger partial charge in [-0.3, -0.25) is 0 Å². The minimum absolute atomic E-state index is 0.139. The number of nitrogens with two attached hydrogens (primary N) is 1. The number of hydrogen-bond acceptors (Lipinski definition) is 3. The predicted molar refractivity (Wildman–Crippen MR) is 81.7 cm³/mol. The highest BCUT2D eigenvalue weighted by Gasteiger charge is 2.34. The van der Waals surface area contributed by atoms with E-state index in [2.05, 4.69) is 19.2 Å². The normalized spacial score (nSPS) is 21.6. The van der Waals surface area contributed by atoms with E-state index in [4.69, 9.17) is 10.5 Å². The van der Waals surface area contributed by atoms with Gasteiger partial charge in [-0.05, 0) is 44.2 Å². The second-order valence-electron chi connectivity index (χ2n) is 6.46. The van der Waals surface area contributed by atoms with Crippen molar-refractivity contribution in [3.8, 4) is 5.75 Å². The minimum Gasteiger partial charge on any atom is -0.489 e. The van der Waals surface area contributed by atoms with E-state index in [1.165, 1.54) is 19.3 Å². The van der Waals surface area contributed by atoms with E-state index in [0.717, 1.165) is 17.1 Å². The largest absolute Gasteiger partial charge is 0.489 e. The molecule has 3 N–H and O–H groups in total. The predicted octanol–water partition coefficient (Wildman–Crippen LogP) is 4.05. The summed E-state index contributed by atoms with van der Waals surface area (Å²) in [5.74, 6) is 0.774. The molecule has 1 unspecified atom stereocenters. The van der Waals surface area contributed by atoms with Crippen LogP contribution in [0.25, 0.3) is 0 Å². The fraction of sp³-hybridized carbons (Fsp3) is 0.625. The standard InChI is InChI=1S/C16H26N2O/c1-11(2)19-13-8-5-7-12(15(13)17)18-14-9-6-10-16(14,3)4/h5,7-8,11,14,18H,6,9-10,17H2,1-4H3. The Morgan fingerprint density at radius 3 is 2.68 bits per heavy atom. The van der Waals surface area contributed by atoms with Crippen molar-refractivity contribution in [3.63, 3.8) is 0 Å². The number of rotatable bonds is 4. The van der Waals surface area contributed by atoms with Crippen molar-refractivity contribution in [3.05, 3.63) is 18.2 Å². The van der Waals surface area contributed by atoms with Crippen molar-refractivity contribution in [2.45, 2.75) is 59.1 Å². The lowest BCUT2D eigenvalue weighted by Gasteiger charge is -2.29. The SMILES string of the molecule is CC(C)Oc1cccc(NC2CCCC2(C)C)c1N. The zero-order valence-corrected chi connectivity index (χ0v) is 12.5. The zero-order valence-electron chi connectivity index (χ0n) is 12.5. The van der Waals surface area contributed by atoms with E-state index in [9.17, 15) is 0 Å². The lowest BCUT2D eigenvalue weighted by Crippen LogP contribution is -2.31. The van der Waals surface area contributed by atoms with Crippen LogP contribution in [0, 0.1) is 5.41 Å². The number of para-hydroxylation sites is 1. The smallest absolute Gasteiger partial charge is 0.144 e. The van der Waals surface area contributed by atoms with Gasteiger partial charge in [0.05, 0.1) is 17.5 Å². The first kappa shape index (κ1) is 14.0. The molecular weight excluding hydrogens is 236 g/mol. The van der Waals surface area contributed by atoms with Crippen LogP contribution in [-0.2, 0) is 0 Å². The fourth-order valence-corrected chi connectivity index (χ4v) is 2.81. The minimum atomic E-state index is 0.139. The van der Waals surface area contributed by atoms with Crippen LogP contribution in [0.3, 0.4) is 0 Å². The third-order valence-electron chi connectivity index (χ3n) is 4.02. The van der Waals surface area contributed by atoms with Crippen LogP contribution in [0.4, 0.5) is 11.4 Å². The maximum absolute atomic E-state index is 6.21. The van der Waals surface area contributed by atoms with Crippen LogP contribution in [0.15, 0.2) is 18.2 Å². The summed E-state index contributed by atoms with van der Waals surface area (Å²) in [6, 6.07) is 6.46. The summed E-state index contributed by atoms with van der Waals surface area (Å²) >= 11 is 0. The Balaban J connectivity index is 2.17. The summed E-state index contributed by atoms with van der Waals surface area (Å²) in [4.78, 5) is 0. The molecule has 0 aliphatic heterocycles. The van der Waals surface area contributed by atoms with Crippen LogP contribution in [0.1, 0.15) is 47.0 Å². The quantitative estimate of drug-likeness (QED) is 0.805. The second kappa shape index (κ2) is 5.32. The molecule has 1 aromatic carbocycles. The lowest BCUT2D eigenvalue weighted by molar-refractivity contribution is 0.244. The maximum Gasteiger partial charge on any atom is 0.144 e. The molecule has 1 aromatic rings. The summed E-state index contributed by atoms with van der Waals surface area (Å²) < 4.78 is 5.74. The summed E-state index contributed by atoms with van der Waals surface area (Å²) in [6.45, 7) is 8.67. The van der Waals surface area contributed by atoms with Gasteiger partial charge in [-0.1, -0.05) is 26.3 Å². The molecule has 106 valence electrons. The molecule has 1 saturated carbocycles. The molecule has 0 aromatic heterocycles. The molecule has 3 heteroatoms. The van der Waals surface area contributed by atoms with Gasteiger partial charge in [-0.25, -0.2) is 0 Å². The molecule has 1 fully saturated rings. The first-order chi connectivity index (χ1) is 8.90. The monoisotopic (exact) mass is 262 g/mol. The average Bonchev–Trinajstić information content (AvgIpc) is 2.63. The molecule has 3 nitrogen and oxygen atoms in total. The van der Waals surface area contributed by atoms with E-state index >= 15 is 0 Å². The number of ether oxygens (including phenoxy) is 1. The molecule has 0 amide bonds. The van der Waals surface area contributed by atoms with Gasteiger partial charge in [0, 0.05) is 6.04 Å². The summed E-state index contributed by atoms with van der Waals surface area (Å²) in [5, 5.41) is 3.61. The molecule has 2 rings (SSSR count). The van der Waals surface area contributed by atoms with Gasteiger partial charge in [0.15, 0.2) is 0 Å². The Labute approximate surface area is 116 Å². The first-order valence-electron chi connectivity index (χ1n) is 7.22. The first-order valence-corrected chi connectivity index (χ1v) is 7.22. The van der Waals surface area contributed by atoms with E-state index in [1.807, 2.05) is 32.0 Å². The van der Waals surface area contributed by atoms with E-state index in [-0.39, 0.29) is 6.10 Å². The fourth-order valence-electron chi connectivity index (χ4n) is 2.81. The van der Waals surface area contributed by atoms with Crippen molar-refractivity contribution in [2.24, 2.45) is 5.41 Å². The molecule has 0 spiro atoms. The van der Waals surface area contributed by atoms with Crippen molar-refractivity contribution >= 4 is 11.4 Å². The second-order valence-corrected chi connectivity index (χ2v) is 6.46. The van der Waals surface area contributed by atoms with E-state index in [0.29, 0.717) is 11.5 Å². The van der Waals surface area contributed by atoms with Crippen molar-refractivity contribution in [1.82, 2.24) is 0 Å². The van der Waals surface area contributed by atoms with E-state index < -0.39 is 0 Å². The topological polar surface area (TPSA) is 47.3 Å². The van der Waals surface area contributed by atoms with Crippen LogP contribution in [0.2, 0.25) is 0 Å². The molecular formula is C16H26N2O. The average molecular weight is 262 g/mol. The molecule has 0 heterocycles. The summed E-state index contributed by atoms with van der Waals surface area (Å²) in [6.07, 6.45) is 3.90. The van der Waals surface area contributed by atoms with Gasteiger partial charge >= 0.3 is 0 Å². The molecule has 1 aliphatic carbocycles. The van der Waals surface area contributed by atoms with Gasteiger partial charge in [-0.15, -0.1) is 0 Å². The Bertz CT molecular complexity index is 440. The van der Waals surface area contributed by atoms with Crippen LogP contribution >= 0.6 is 0 Å². The number of anilines is 2. The maximum atomic E-state index is 6.21. The third-order valence-corrected chi connectivity index (χ3v) is 4.02. The highest BCUT2D eigenvalue weighted by Crippen LogP contribution is 2.40. The molecule has 1 atom stereocenters. The van der Waals surface area contributed by atoms with Crippen LogP contribution < -0.4 is 15.8 Å². The van der Waals surface area contributed by atoms with Gasteiger partial charge in [-0.2, -0.15) is 0 Å². The van der Waals surface area contributed by atoms with Crippen LogP contribution in [-0.4, -0.2) is 12.1 Å². The van der Waals surface area contributed by atoms with Gasteiger partial charge in [0.25, 0.3) is 0 Å². The third kappa shape index (κ3) is 3.14. The van der Waals surface area contributed by atoms with Crippen molar-refractivity contribution < 1.29 is 4.74 Å². The molecule has 1 aliphatic rings. The molecule has 0 bridgehead atoms. The number of nitrogens with one attached hydrogen (secondary N) is 1. The Hall–Kier alpha value is -1.38. The number of benzene rings is 1. The number of nitrogen functional groups attached to an aromatic ring is 1. The van der Waals surface area contributed by atoms with Crippen molar-refractivity contribution in [1.29, 1.82) is 0 Å². The van der Waals surface area contributed by atoms with Gasteiger partial charge in [0.1, 0.15) is 5.75 Å². The van der Waals surface area contributed by atoms with E-state index in [1.54, 1.807) is 0 Å². The summed E-state index contributed by atoms with van der Waals surface area (Å²) in [7, 11) is 0. The lowest BCUT2D eigenvalue weighted by atomic mass is 9.87. The number of hydrogen-bond donors (Lipinski definition) is 2. The Kier molecular flexibility index (Phi) is 3.93. The van der Waals surface area contributed by atoms with Crippen molar-refractivity contribution in [2.75, 3.05) is 11.1 Å². The Morgan fingerprint density at radius 1 is 1.37 bits per heavy atom. The molecule has 19 heavy (non-hydrogen) atoms. The molecule has 0 saturated heterocycles. The summed E-state index contributed by atoms with van der Waals surface area (Å²) in [5.41, 5.74) is 8.26. The van der Waals surface area contributed by atoms with Gasteiger partial charge in [0.2, 0.25) is 0 Å². The highest BCUT2D eigenvalue weighted by atomic mass is 16.5. The van der Waals surface area contributed by atoms with Crippen LogP contribution in [0.5, 0.6) is 5.75 Å². The Morgan fingerprint density at radius 2 is 2.11 bits per heavy atom.